The number of ether oxygens (including phenoxy) is 1. The van der Waals surface area contributed by atoms with Crippen LogP contribution in [0.1, 0.15) is 0 Å². The van der Waals surface area contributed by atoms with E-state index in [1.807, 2.05) is 0 Å². The number of aliphatic hydroxyl groups excluding tert-OH is 2. The molecule has 0 heterocycles. The van der Waals surface area contributed by atoms with Crippen molar-refractivity contribution >= 4 is 31.2 Å². The van der Waals surface area contributed by atoms with E-state index in [-0.39, 0.29) is 0 Å². The fourth-order valence-electron chi connectivity index (χ4n) is 0.357. The number of aliphatic hydroxyl groups is 2. The summed E-state index contributed by atoms with van der Waals surface area (Å²) in [5.74, 6) is -0.676. The van der Waals surface area contributed by atoms with Crippen LogP contribution in [-0.2, 0) is 9.53 Å². The zero-order chi connectivity index (χ0) is 8.85. The van der Waals surface area contributed by atoms with Gasteiger partial charge in [0.2, 0.25) is 0 Å². The number of hydrogen-bond donors (Lipinski definition) is 4. The maximum absolute atomic E-state index is 10.7. The molecular formula is C5H10O4S2. The van der Waals surface area contributed by atoms with Gasteiger partial charge in [-0.25, -0.2) is 4.79 Å². The maximum atomic E-state index is 10.7. The van der Waals surface area contributed by atoms with Crippen molar-refractivity contribution in [1.29, 1.82) is 0 Å². The van der Waals surface area contributed by atoms with E-state index in [1.165, 1.54) is 0 Å². The van der Waals surface area contributed by atoms with Gasteiger partial charge in [-0.05, 0) is 0 Å². The molecule has 0 spiro atoms. The first kappa shape index (κ1) is 11.1. The van der Waals surface area contributed by atoms with E-state index < -0.39 is 29.9 Å². The summed E-state index contributed by atoms with van der Waals surface area (Å²) in [6.07, 6.45) is -0.871. The van der Waals surface area contributed by atoms with Crippen LogP contribution in [0.3, 0.4) is 0 Å². The molecule has 0 atom stereocenters. The summed E-state index contributed by atoms with van der Waals surface area (Å²) in [6.45, 7) is -0.812. The molecule has 0 aromatic rings. The lowest BCUT2D eigenvalue weighted by Gasteiger charge is -2.13. The van der Waals surface area contributed by atoms with Crippen LogP contribution in [0, 0.1) is 0 Å². The first-order chi connectivity index (χ1) is 5.11. The van der Waals surface area contributed by atoms with Crippen LogP contribution in [-0.4, -0.2) is 40.1 Å². The summed E-state index contributed by atoms with van der Waals surface area (Å²) < 4.78 is 3.68. The molecule has 0 aliphatic heterocycles. The van der Waals surface area contributed by atoms with Crippen LogP contribution in [0.2, 0.25) is 0 Å². The predicted molar refractivity (Wildman–Crippen MR) is 45.8 cm³/mol. The second-order valence-corrected chi connectivity index (χ2v) is 3.24. The Balaban J connectivity index is 3.72. The lowest BCUT2D eigenvalue weighted by atomic mass is 10.4. The largest absolute Gasteiger partial charge is 0.456 e. The van der Waals surface area contributed by atoms with Gasteiger partial charge >= 0.3 is 5.97 Å². The highest BCUT2D eigenvalue weighted by Crippen LogP contribution is 2.04. The quantitative estimate of drug-likeness (QED) is 0.268. The lowest BCUT2D eigenvalue weighted by molar-refractivity contribution is -0.150. The third kappa shape index (κ3) is 4.52. The van der Waals surface area contributed by atoms with E-state index in [0.29, 0.717) is 0 Å². The Hall–Kier alpha value is 0.0900. The molecule has 0 saturated heterocycles. The molecule has 4 nitrogen and oxygen atoms in total. The Bertz CT molecular complexity index is 124. The predicted octanol–water partition coefficient (Wildman–Crippen LogP) is -0.932. The van der Waals surface area contributed by atoms with Crippen molar-refractivity contribution in [2.75, 3.05) is 13.2 Å². The first-order valence-electron chi connectivity index (χ1n) is 2.90. The summed E-state index contributed by atoms with van der Waals surface area (Å²) >= 11 is 7.34. The minimum absolute atomic E-state index is 0.406. The smallest absolute Gasteiger partial charge is 0.329 e. The molecule has 0 amide bonds. The molecule has 0 aliphatic rings. The molecule has 0 aliphatic carbocycles. The standard InChI is InChI=1S/C5H10O4S2/c6-1-3(2-7)9-4(8)5(10)11/h3,5-7,10-11H,1-2H2. The SMILES string of the molecule is O=C(OC(CO)CO)C(S)S. The van der Waals surface area contributed by atoms with E-state index in [0.717, 1.165) is 0 Å². The second-order valence-electron chi connectivity index (χ2n) is 1.80. The van der Waals surface area contributed by atoms with Gasteiger partial charge in [-0.1, -0.05) is 0 Å². The van der Waals surface area contributed by atoms with Crippen molar-refractivity contribution in [3.05, 3.63) is 0 Å². The lowest BCUT2D eigenvalue weighted by Crippen LogP contribution is -2.28. The van der Waals surface area contributed by atoms with Gasteiger partial charge < -0.3 is 14.9 Å². The van der Waals surface area contributed by atoms with E-state index in [1.54, 1.807) is 0 Å². The molecule has 0 radical (unpaired) electrons. The highest BCUT2D eigenvalue weighted by Gasteiger charge is 2.15. The number of thiol groups is 2. The zero-order valence-electron chi connectivity index (χ0n) is 5.67. The normalized spacial score (nSPS) is 10.7. The van der Waals surface area contributed by atoms with E-state index >= 15 is 0 Å². The number of hydrogen-bond acceptors (Lipinski definition) is 6. The van der Waals surface area contributed by atoms with Crippen molar-refractivity contribution in [3.63, 3.8) is 0 Å². The van der Waals surface area contributed by atoms with Crippen molar-refractivity contribution in [2.24, 2.45) is 0 Å². The Morgan fingerprint density at radius 1 is 1.36 bits per heavy atom. The summed E-state index contributed by atoms with van der Waals surface area (Å²) in [5.41, 5.74) is 0. The summed E-state index contributed by atoms with van der Waals surface area (Å²) in [4.78, 5) is 10.7. The summed E-state index contributed by atoms with van der Waals surface area (Å²) in [6, 6.07) is 0. The molecule has 0 saturated carbocycles. The van der Waals surface area contributed by atoms with Crippen molar-refractivity contribution in [2.45, 2.75) is 10.7 Å². The Kier molecular flexibility index (Phi) is 5.75. The fourth-order valence-corrected chi connectivity index (χ4v) is 0.479. The van der Waals surface area contributed by atoms with Crippen molar-refractivity contribution in [3.8, 4) is 0 Å². The van der Waals surface area contributed by atoms with Crippen LogP contribution < -0.4 is 0 Å². The summed E-state index contributed by atoms with van der Waals surface area (Å²) in [7, 11) is 0. The number of esters is 1. The topological polar surface area (TPSA) is 66.8 Å². The third-order valence-electron chi connectivity index (χ3n) is 0.901. The average molecular weight is 198 g/mol. The number of rotatable bonds is 4. The molecule has 0 aromatic carbocycles. The molecule has 6 heteroatoms. The monoisotopic (exact) mass is 198 g/mol. The minimum atomic E-state index is -0.871. The van der Waals surface area contributed by atoms with Crippen LogP contribution in [0.15, 0.2) is 0 Å². The molecule has 2 N–H and O–H groups in total. The van der Waals surface area contributed by atoms with E-state index in [2.05, 4.69) is 30.0 Å². The van der Waals surface area contributed by atoms with Gasteiger partial charge in [-0.3, -0.25) is 0 Å². The molecular weight excluding hydrogens is 188 g/mol. The van der Waals surface area contributed by atoms with Gasteiger partial charge in [0.1, 0.15) is 10.7 Å². The van der Waals surface area contributed by atoms with Crippen molar-refractivity contribution in [1.82, 2.24) is 0 Å². The van der Waals surface area contributed by atoms with Crippen molar-refractivity contribution < 1.29 is 19.7 Å². The Morgan fingerprint density at radius 2 is 1.82 bits per heavy atom. The molecule has 0 bridgehead atoms. The molecule has 0 rings (SSSR count). The van der Waals surface area contributed by atoms with Gasteiger partial charge in [-0.15, -0.1) is 0 Å². The molecule has 66 valence electrons. The minimum Gasteiger partial charge on any atom is -0.456 e. The van der Waals surface area contributed by atoms with Crippen LogP contribution in [0.5, 0.6) is 0 Å². The van der Waals surface area contributed by atoms with Crippen LogP contribution in [0.4, 0.5) is 0 Å². The van der Waals surface area contributed by atoms with E-state index in [9.17, 15) is 4.79 Å². The second kappa shape index (κ2) is 5.70. The highest BCUT2D eigenvalue weighted by molar-refractivity contribution is 8.00. The van der Waals surface area contributed by atoms with Gasteiger partial charge in [-0.2, -0.15) is 25.3 Å². The van der Waals surface area contributed by atoms with E-state index in [4.69, 9.17) is 10.2 Å². The molecule has 0 fully saturated rings. The van der Waals surface area contributed by atoms with Gasteiger partial charge in [0.15, 0.2) is 0 Å². The highest BCUT2D eigenvalue weighted by atomic mass is 32.2. The maximum Gasteiger partial charge on any atom is 0.329 e. The molecule has 0 aromatic heterocycles. The van der Waals surface area contributed by atoms with Crippen LogP contribution >= 0.6 is 25.3 Å². The first-order valence-corrected chi connectivity index (χ1v) is 3.93. The van der Waals surface area contributed by atoms with Crippen LogP contribution in [0.25, 0.3) is 0 Å². The van der Waals surface area contributed by atoms with Gasteiger partial charge in [0, 0.05) is 0 Å². The number of carbonyl (C=O) groups excluding carboxylic acids is 1. The Labute approximate surface area is 75.4 Å². The molecule has 11 heavy (non-hydrogen) atoms. The van der Waals surface area contributed by atoms with Gasteiger partial charge in [0.05, 0.1) is 13.2 Å². The fraction of sp³-hybridized carbons (Fsp3) is 0.800. The van der Waals surface area contributed by atoms with Gasteiger partial charge in [0.25, 0.3) is 0 Å². The Morgan fingerprint density at radius 3 is 2.09 bits per heavy atom. The third-order valence-corrected chi connectivity index (χ3v) is 1.32. The summed E-state index contributed by atoms with van der Waals surface area (Å²) in [5, 5.41) is 16.9. The molecule has 0 unspecified atom stereocenters. The zero-order valence-corrected chi connectivity index (χ0v) is 7.46. The average Bonchev–Trinajstić information content (AvgIpc) is 1.99. The number of carbonyl (C=O) groups is 1.